The van der Waals surface area contributed by atoms with E-state index in [1.807, 2.05) is 6.07 Å². The van der Waals surface area contributed by atoms with Gasteiger partial charge >= 0.3 is 0 Å². The molecule has 1 aliphatic rings. The van der Waals surface area contributed by atoms with Gasteiger partial charge < -0.3 is 14.9 Å². The molecule has 13 heavy (non-hydrogen) atoms. The summed E-state index contributed by atoms with van der Waals surface area (Å²) in [7, 11) is 1.60. The highest BCUT2D eigenvalue weighted by Crippen LogP contribution is 2.33. The van der Waals surface area contributed by atoms with Crippen LogP contribution in [0.15, 0.2) is 18.2 Å². The highest BCUT2D eigenvalue weighted by molar-refractivity contribution is 5.41. The van der Waals surface area contributed by atoms with Gasteiger partial charge in [-0.15, -0.1) is 0 Å². The summed E-state index contributed by atoms with van der Waals surface area (Å²) in [5, 5.41) is 18.9. The molecule has 3 nitrogen and oxygen atoms in total. The smallest absolute Gasteiger partial charge is 0.119 e. The van der Waals surface area contributed by atoms with Crippen molar-refractivity contribution in [3.63, 3.8) is 0 Å². The van der Waals surface area contributed by atoms with Crippen molar-refractivity contribution in [2.75, 3.05) is 7.11 Å². The normalized spacial score (nSPS) is 25.8. The average molecular weight is 180 g/mol. The van der Waals surface area contributed by atoms with E-state index in [2.05, 4.69) is 0 Å². The van der Waals surface area contributed by atoms with Crippen molar-refractivity contribution in [3.05, 3.63) is 29.3 Å². The lowest BCUT2D eigenvalue weighted by atomic mass is 10.1. The number of methoxy groups -OCH3 is 1. The number of aliphatic hydroxyl groups excluding tert-OH is 2. The Kier molecular flexibility index (Phi) is 1.98. The Morgan fingerprint density at radius 2 is 2.15 bits per heavy atom. The molecule has 2 atom stereocenters. The van der Waals surface area contributed by atoms with Crippen molar-refractivity contribution in [3.8, 4) is 5.75 Å². The van der Waals surface area contributed by atoms with E-state index < -0.39 is 12.2 Å². The standard InChI is InChI=1S/C10H12O3/c1-13-7-2-3-8-6(4-7)5-9(11)10(8)12/h2-4,9-12H,5H2,1H3/t9-,10+/m1/s1. The monoisotopic (exact) mass is 180 g/mol. The van der Waals surface area contributed by atoms with E-state index in [4.69, 9.17) is 4.74 Å². The molecule has 70 valence electrons. The van der Waals surface area contributed by atoms with Crippen LogP contribution in [0.3, 0.4) is 0 Å². The second kappa shape index (κ2) is 3.01. The maximum Gasteiger partial charge on any atom is 0.119 e. The molecule has 0 aliphatic heterocycles. The largest absolute Gasteiger partial charge is 0.497 e. The van der Waals surface area contributed by atoms with Crippen molar-refractivity contribution in [1.29, 1.82) is 0 Å². The van der Waals surface area contributed by atoms with Crippen LogP contribution in [0, 0.1) is 0 Å². The molecule has 1 aromatic carbocycles. The first-order valence-corrected chi connectivity index (χ1v) is 4.25. The van der Waals surface area contributed by atoms with Crippen LogP contribution in [0.25, 0.3) is 0 Å². The lowest BCUT2D eigenvalue weighted by Gasteiger charge is -2.07. The highest BCUT2D eigenvalue weighted by Gasteiger charge is 2.29. The molecule has 0 amide bonds. The highest BCUT2D eigenvalue weighted by atomic mass is 16.5. The Hall–Kier alpha value is -1.06. The average Bonchev–Trinajstić information content (AvgIpc) is 2.42. The van der Waals surface area contributed by atoms with Gasteiger partial charge in [0.25, 0.3) is 0 Å². The van der Waals surface area contributed by atoms with Gasteiger partial charge in [-0.3, -0.25) is 0 Å². The van der Waals surface area contributed by atoms with E-state index in [1.54, 1.807) is 19.2 Å². The van der Waals surface area contributed by atoms with E-state index in [0.717, 1.165) is 16.9 Å². The number of hydrogen-bond acceptors (Lipinski definition) is 3. The second-order valence-electron chi connectivity index (χ2n) is 3.28. The molecule has 0 unspecified atom stereocenters. The molecule has 1 aromatic rings. The number of aliphatic hydroxyl groups is 2. The number of rotatable bonds is 1. The van der Waals surface area contributed by atoms with Gasteiger partial charge in [-0.05, 0) is 23.3 Å². The van der Waals surface area contributed by atoms with Crippen LogP contribution in [0.1, 0.15) is 17.2 Å². The van der Waals surface area contributed by atoms with Crippen LogP contribution < -0.4 is 4.74 Å². The van der Waals surface area contributed by atoms with Crippen molar-refractivity contribution in [2.45, 2.75) is 18.6 Å². The van der Waals surface area contributed by atoms with Gasteiger partial charge in [0.1, 0.15) is 11.9 Å². The molecule has 3 heteroatoms. The molecular formula is C10H12O3. The molecule has 0 spiro atoms. The van der Waals surface area contributed by atoms with Crippen molar-refractivity contribution in [1.82, 2.24) is 0 Å². The zero-order chi connectivity index (χ0) is 9.42. The minimum Gasteiger partial charge on any atom is -0.497 e. The van der Waals surface area contributed by atoms with E-state index >= 15 is 0 Å². The first kappa shape index (κ1) is 8.53. The van der Waals surface area contributed by atoms with E-state index in [-0.39, 0.29) is 0 Å². The van der Waals surface area contributed by atoms with Crippen LogP contribution in [0.4, 0.5) is 0 Å². The van der Waals surface area contributed by atoms with Crippen molar-refractivity contribution >= 4 is 0 Å². The maximum atomic E-state index is 9.52. The lowest BCUT2D eigenvalue weighted by molar-refractivity contribution is 0.0326. The van der Waals surface area contributed by atoms with Crippen LogP contribution >= 0.6 is 0 Å². The third kappa shape index (κ3) is 1.30. The molecule has 0 fully saturated rings. The van der Waals surface area contributed by atoms with Crippen LogP contribution in [-0.2, 0) is 6.42 Å². The third-order valence-electron chi connectivity index (χ3n) is 2.46. The van der Waals surface area contributed by atoms with Gasteiger partial charge in [-0.2, -0.15) is 0 Å². The summed E-state index contributed by atoms with van der Waals surface area (Å²) in [5.74, 6) is 0.764. The fourth-order valence-electron chi connectivity index (χ4n) is 1.72. The zero-order valence-corrected chi connectivity index (χ0v) is 7.40. The minimum absolute atomic E-state index is 0.508. The van der Waals surface area contributed by atoms with E-state index in [1.165, 1.54) is 0 Å². The SMILES string of the molecule is COc1ccc2c(c1)C[C@@H](O)[C@H]2O. The van der Waals surface area contributed by atoms with Gasteiger partial charge in [-0.25, -0.2) is 0 Å². The molecule has 0 saturated heterocycles. The minimum atomic E-state index is -0.735. The molecule has 0 heterocycles. The van der Waals surface area contributed by atoms with Gasteiger partial charge in [0, 0.05) is 6.42 Å². The molecule has 1 aliphatic carbocycles. The van der Waals surface area contributed by atoms with Gasteiger partial charge in [-0.1, -0.05) is 6.07 Å². The molecule has 0 aromatic heterocycles. The van der Waals surface area contributed by atoms with Crippen LogP contribution in [0.5, 0.6) is 5.75 Å². The summed E-state index contributed by atoms with van der Waals surface area (Å²) < 4.78 is 5.05. The van der Waals surface area contributed by atoms with Crippen molar-refractivity contribution in [2.24, 2.45) is 0 Å². The van der Waals surface area contributed by atoms with Gasteiger partial charge in [0.15, 0.2) is 0 Å². The van der Waals surface area contributed by atoms with Crippen LogP contribution in [-0.4, -0.2) is 23.4 Å². The quantitative estimate of drug-likeness (QED) is 0.667. The number of benzene rings is 1. The molecule has 2 rings (SSSR count). The second-order valence-corrected chi connectivity index (χ2v) is 3.28. The van der Waals surface area contributed by atoms with Gasteiger partial charge in [0.05, 0.1) is 13.2 Å². The Labute approximate surface area is 76.6 Å². The van der Waals surface area contributed by atoms with Crippen LogP contribution in [0.2, 0.25) is 0 Å². The first-order chi connectivity index (χ1) is 6.22. The fourth-order valence-corrected chi connectivity index (χ4v) is 1.72. The third-order valence-corrected chi connectivity index (χ3v) is 2.46. The number of fused-ring (bicyclic) bond motifs is 1. The summed E-state index contributed by atoms with van der Waals surface area (Å²) in [6.07, 6.45) is -0.892. The maximum absolute atomic E-state index is 9.52. The summed E-state index contributed by atoms with van der Waals surface area (Å²) in [4.78, 5) is 0. The van der Waals surface area contributed by atoms with E-state index in [0.29, 0.717) is 6.42 Å². The van der Waals surface area contributed by atoms with Crippen molar-refractivity contribution < 1.29 is 14.9 Å². The molecular weight excluding hydrogens is 168 g/mol. The predicted octanol–water partition coefficient (Wildman–Crippen LogP) is 0.646. The number of ether oxygens (including phenoxy) is 1. The molecule has 0 radical (unpaired) electrons. The molecule has 2 N–H and O–H groups in total. The zero-order valence-electron chi connectivity index (χ0n) is 7.40. The summed E-state index contributed by atoms with van der Waals surface area (Å²) in [6.45, 7) is 0. The fraction of sp³-hybridized carbons (Fsp3) is 0.400. The first-order valence-electron chi connectivity index (χ1n) is 4.25. The van der Waals surface area contributed by atoms with Gasteiger partial charge in [0.2, 0.25) is 0 Å². The Bertz CT molecular complexity index is 322. The Morgan fingerprint density at radius 3 is 2.85 bits per heavy atom. The Morgan fingerprint density at radius 1 is 1.38 bits per heavy atom. The molecule has 0 bridgehead atoms. The lowest BCUT2D eigenvalue weighted by Crippen LogP contribution is -2.11. The summed E-state index contributed by atoms with van der Waals surface area (Å²) in [5.41, 5.74) is 1.78. The Balaban J connectivity index is 2.40. The summed E-state index contributed by atoms with van der Waals surface area (Å²) in [6, 6.07) is 5.45. The predicted molar refractivity (Wildman–Crippen MR) is 47.7 cm³/mol. The number of hydrogen-bond donors (Lipinski definition) is 2. The molecule has 0 saturated carbocycles. The summed E-state index contributed by atoms with van der Waals surface area (Å²) >= 11 is 0. The van der Waals surface area contributed by atoms with E-state index in [9.17, 15) is 10.2 Å². The topological polar surface area (TPSA) is 49.7 Å².